The minimum absolute atomic E-state index is 0.126. The van der Waals surface area contributed by atoms with E-state index in [0.717, 1.165) is 42.4 Å². The molecule has 0 saturated carbocycles. The molecule has 1 aromatic heterocycles. The average molecular weight is 502 g/mol. The normalized spacial score (nSPS) is 17.6. The lowest BCUT2D eigenvalue weighted by molar-refractivity contribution is -0.0468. The highest BCUT2D eigenvalue weighted by molar-refractivity contribution is 6.08. The largest absolute Gasteiger partial charge is 0.452 e. The molecule has 38 heavy (non-hydrogen) atoms. The molecule has 4 nitrogen and oxygen atoms in total. The second-order valence-corrected chi connectivity index (χ2v) is 9.16. The molecule has 4 aromatic rings. The maximum absolute atomic E-state index is 13.1. The van der Waals surface area contributed by atoms with Crippen LogP contribution in [0.2, 0.25) is 6.32 Å². The van der Waals surface area contributed by atoms with Crippen molar-refractivity contribution in [1.82, 2.24) is 0 Å². The van der Waals surface area contributed by atoms with Crippen LogP contribution in [0, 0.1) is 0 Å². The Morgan fingerprint density at radius 2 is 1.71 bits per heavy atom. The Balaban J connectivity index is 0.00000144. The fraction of sp³-hybridized carbons (Fsp3) is 0.242. The molecule has 5 heteroatoms. The predicted molar refractivity (Wildman–Crippen MR) is 154 cm³/mol. The van der Waals surface area contributed by atoms with Crippen molar-refractivity contribution in [3.8, 4) is 22.8 Å². The van der Waals surface area contributed by atoms with E-state index < -0.39 is 5.79 Å². The molecular formula is C33H31BO4. The summed E-state index contributed by atoms with van der Waals surface area (Å²) < 4.78 is 19.6. The first-order valence-electron chi connectivity index (χ1n) is 13.4. The van der Waals surface area contributed by atoms with Crippen molar-refractivity contribution in [2.45, 2.75) is 51.6 Å². The van der Waals surface area contributed by atoms with Crippen LogP contribution in [0.15, 0.2) is 106 Å². The van der Waals surface area contributed by atoms with Crippen LogP contribution >= 0.6 is 0 Å². The van der Waals surface area contributed by atoms with Crippen molar-refractivity contribution in [1.29, 1.82) is 0 Å². The number of allylic oxidation sites excluding steroid dienone is 2. The van der Waals surface area contributed by atoms with Crippen LogP contribution in [0.4, 0.5) is 0 Å². The second-order valence-electron chi connectivity index (χ2n) is 9.16. The van der Waals surface area contributed by atoms with Gasteiger partial charge in [0.1, 0.15) is 5.76 Å². The van der Waals surface area contributed by atoms with E-state index in [4.69, 9.17) is 21.7 Å². The molecule has 2 aliphatic rings. The SMILES string of the molecule is CC.[B]CCCc1ccc(-c2cc(=O)c3ccc4c(c3o2)OC(C2=CCCC=C2)(c2ccccc2)O4)cc1. The summed E-state index contributed by atoms with van der Waals surface area (Å²) in [5.41, 5.74) is 4.09. The van der Waals surface area contributed by atoms with E-state index >= 15 is 0 Å². The number of benzene rings is 3. The van der Waals surface area contributed by atoms with Crippen LogP contribution in [0.1, 0.15) is 44.2 Å². The Kier molecular flexibility index (Phi) is 7.55. The summed E-state index contributed by atoms with van der Waals surface area (Å²) in [7, 11) is 5.64. The molecule has 1 atom stereocenters. The third-order valence-electron chi connectivity index (χ3n) is 6.75. The third-order valence-corrected chi connectivity index (χ3v) is 6.75. The third kappa shape index (κ3) is 4.69. The number of hydrogen-bond donors (Lipinski definition) is 0. The van der Waals surface area contributed by atoms with Crippen molar-refractivity contribution in [2.75, 3.05) is 0 Å². The summed E-state index contributed by atoms with van der Waals surface area (Å²) in [6.07, 6.45) is 10.7. The summed E-state index contributed by atoms with van der Waals surface area (Å²) >= 11 is 0. The molecule has 1 aliphatic carbocycles. The van der Waals surface area contributed by atoms with E-state index in [1.165, 1.54) is 11.6 Å². The van der Waals surface area contributed by atoms with Gasteiger partial charge in [-0.1, -0.05) is 99.4 Å². The van der Waals surface area contributed by atoms with E-state index in [1.54, 1.807) is 12.1 Å². The Labute approximate surface area is 225 Å². The summed E-state index contributed by atoms with van der Waals surface area (Å²) in [4.78, 5) is 13.1. The van der Waals surface area contributed by atoms with E-state index in [-0.39, 0.29) is 5.43 Å². The first-order valence-corrected chi connectivity index (χ1v) is 13.4. The summed E-state index contributed by atoms with van der Waals surface area (Å²) in [5.74, 6) is 0.329. The van der Waals surface area contributed by atoms with Gasteiger partial charge in [0.25, 0.3) is 0 Å². The van der Waals surface area contributed by atoms with Gasteiger partial charge in [0, 0.05) is 22.8 Å². The van der Waals surface area contributed by atoms with Crippen molar-refractivity contribution < 1.29 is 13.9 Å². The zero-order chi connectivity index (χ0) is 26.5. The van der Waals surface area contributed by atoms with E-state index in [1.807, 2.05) is 68.4 Å². The van der Waals surface area contributed by atoms with Crippen LogP contribution in [0.5, 0.6) is 11.5 Å². The minimum atomic E-state index is -1.14. The van der Waals surface area contributed by atoms with Crippen LogP contribution in [-0.4, -0.2) is 7.85 Å². The maximum Gasteiger partial charge on any atom is 0.305 e. The molecule has 2 heterocycles. The average Bonchev–Trinajstić information content (AvgIpc) is 3.40. The van der Waals surface area contributed by atoms with Gasteiger partial charge < -0.3 is 13.9 Å². The van der Waals surface area contributed by atoms with Crippen LogP contribution in [0.3, 0.4) is 0 Å². The lowest BCUT2D eigenvalue weighted by Crippen LogP contribution is -2.37. The number of fused-ring (bicyclic) bond motifs is 3. The highest BCUT2D eigenvalue weighted by atomic mass is 16.7. The zero-order valence-corrected chi connectivity index (χ0v) is 21.9. The number of ether oxygens (including phenoxy) is 2. The minimum Gasteiger partial charge on any atom is -0.452 e. The predicted octanol–water partition coefficient (Wildman–Crippen LogP) is 7.91. The molecule has 0 fully saturated rings. The molecule has 1 unspecified atom stereocenters. The Bertz CT molecular complexity index is 1530. The molecular weight excluding hydrogens is 471 g/mol. The van der Waals surface area contributed by atoms with E-state index in [0.29, 0.717) is 34.5 Å². The molecule has 6 rings (SSSR count). The molecule has 1 aliphatic heterocycles. The smallest absolute Gasteiger partial charge is 0.305 e. The fourth-order valence-electron chi connectivity index (χ4n) is 4.87. The quantitative estimate of drug-likeness (QED) is 0.252. The molecule has 2 radical (unpaired) electrons. The van der Waals surface area contributed by atoms with Crippen molar-refractivity contribution in [3.63, 3.8) is 0 Å². The van der Waals surface area contributed by atoms with Gasteiger partial charge in [-0.05, 0) is 37.0 Å². The van der Waals surface area contributed by atoms with Crippen LogP contribution in [-0.2, 0) is 12.2 Å². The van der Waals surface area contributed by atoms with Crippen molar-refractivity contribution >= 4 is 18.8 Å². The number of rotatable bonds is 6. The summed E-state index contributed by atoms with van der Waals surface area (Å²) in [6.45, 7) is 4.00. The maximum atomic E-state index is 13.1. The van der Waals surface area contributed by atoms with Gasteiger partial charge in [-0.2, -0.15) is 0 Å². The van der Waals surface area contributed by atoms with E-state index in [2.05, 4.69) is 18.2 Å². The molecule has 0 amide bonds. The summed E-state index contributed by atoms with van der Waals surface area (Å²) in [5, 5.41) is 0.456. The molecule has 190 valence electrons. The van der Waals surface area contributed by atoms with Gasteiger partial charge in [0.2, 0.25) is 5.75 Å². The lowest BCUT2D eigenvalue weighted by Gasteiger charge is -2.30. The first-order chi connectivity index (χ1) is 18.7. The van der Waals surface area contributed by atoms with Gasteiger partial charge in [0.05, 0.1) is 13.2 Å². The van der Waals surface area contributed by atoms with Crippen LogP contribution in [0.25, 0.3) is 22.3 Å². The topological polar surface area (TPSA) is 48.7 Å². The Hall–Kier alpha value is -3.99. The molecule has 3 aromatic carbocycles. The lowest BCUT2D eigenvalue weighted by atomic mass is 9.93. The van der Waals surface area contributed by atoms with Crippen LogP contribution < -0.4 is 14.9 Å². The zero-order valence-electron chi connectivity index (χ0n) is 21.9. The van der Waals surface area contributed by atoms with Crippen molar-refractivity contribution in [2.24, 2.45) is 0 Å². The first kappa shape index (κ1) is 25.7. The van der Waals surface area contributed by atoms with E-state index in [9.17, 15) is 4.79 Å². The van der Waals surface area contributed by atoms with Gasteiger partial charge >= 0.3 is 5.79 Å². The molecule has 0 spiro atoms. The fourth-order valence-corrected chi connectivity index (χ4v) is 4.87. The van der Waals surface area contributed by atoms with Gasteiger partial charge in [-0.3, -0.25) is 4.79 Å². The highest BCUT2D eigenvalue weighted by Gasteiger charge is 2.47. The molecule has 0 N–H and O–H groups in total. The molecule has 0 saturated heterocycles. The monoisotopic (exact) mass is 502 g/mol. The van der Waals surface area contributed by atoms with Gasteiger partial charge in [-0.15, -0.1) is 0 Å². The highest BCUT2D eigenvalue weighted by Crippen LogP contribution is 2.51. The summed E-state index contributed by atoms with van der Waals surface area (Å²) in [6, 6.07) is 23.0. The Morgan fingerprint density at radius 1 is 0.921 bits per heavy atom. The standard InChI is InChI=1S/C31H25BO4.C2H6/c32-19-7-8-21-13-15-22(16-14-21)28-20-26(33)25-17-18-27-30(29(25)34-28)36-31(35-27,23-9-3-1-4-10-23)24-11-5-2-6-12-24;1-2/h1,3-5,9-18,20H,2,6-8,19H2;1-2H3. The van der Waals surface area contributed by atoms with Gasteiger partial charge in [-0.25, -0.2) is 0 Å². The number of hydrogen-bond acceptors (Lipinski definition) is 4. The molecule has 0 bridgehead atoms. The van der Waals surface area contributed by atoms with Gasteiger partial charge in [0.15, 0.2) is 16.8 Å². The van der Waals surface area contributed by atoms with Crippen molar-refractivity contribution in [3.05, 3.63) is 118 Å². The number of aryl methyl sites for hydroxylation is 1. The Morgan fingerprint density at radius 3 is 2.42 bits per heavy atom. The second kappa shape index (κ2) is 11.2.